The van der Waals surface area contributed by atoms with Crippen molar-refractivity contribution in [2.24, 2.45) is 21.7 Å². The number of carbonyl (C=O) groups is 2. The number of carbonyl (C=O) groups excluding carboxylic acids is 2. The van der Waals surface area contributed by atoms with Crippen LogP contribution in [-0.2, 0) is 19.1 Å². The summed E-state index contributed by atoms with van der Waals surface area (Å²) in [5, 5.41) is 5.73. The van der Waals surface area contributed by atoms with E-state index in [-0.39, 0.29) is 28.1 Å². The molecule has 0 fully saturated rings. The molecule has 0 spiro atoms. The topological polar surface area (TPSA) is 76.7 Å². The molecule has 0 aromatic rings. The van der Waals surface area contributed by atoms with Crippen molar-refractivity contribution >= 4 is 11.8 Å². The van der Waals surface area contributed by atoms with Crippen LogP contribution in [0.15, 0.2) is 0 Å². The van der Waals surface area contributed by atoms with Gasteiger partial charge in [-0.2, -0.15) is 0 Å². The third-order valence-electron chi connectivity index (χ3n) is 4.05. The van der Waals surface area contributed by atoms with E-state index >= 15 is 0 Å². The molecular weight excluding hydrogens is 416 g/mol. The molecule has 0 aliphatic rings. The lowest BCUT2D eigenvalue weighted by Gasteiger charge is -2.19. The Kier molecular flexibility index (Phi) is 16.2. The normalized spacial score (nSPS) is 12.6. The Balaban J connectivity index is 0. The monoisotopic (exact) mass is 472 g/mol. The Morgan fingerprint density at radius 1 is 0.545 bits per heavy atom. The highest BCUT2D eigenvalue weighted by molar-refractivity contribution is 5.76. The lowest BCUT2D eigenvalue weighted by molar-refractivity contribution is -0.123. The lowest BCUT2D eigenvalue weighted by atomic mass is 9.92. The summed E-state index contributed by atoms with van der Waals surface area (Å²) in [7, 11) is 0. The molecule has 0 aliphatic carbocycles. The van der Waals surface area contributed by atoms with E-state index in [1.54, 1.807) is 0 Å². The van der Waals surface area contributed by atoms with E-state index in [4.69, 9.17) is 9.47 Å². The second-order valence-corrected chi connectivity index (χ2v) is 13.7. The average molecular weight is 473 g/mol. The van der Waals surface area contributed by atoms with Gasteiger partial charge in [0, 0.05) is 32.5 Å². The van der Waals surface area contributed by atoms with Crippen molar-refractivity contribution in [3.05, 3.63) is 0 Å². The minimum atomic E-state index is 0.0519. The third-order valence-corrected chi connectivity index (χ3v) is 4.05. The predicted molar refractivity (Wildman–Crippen MR) is 139 cm³/mol. The van der Waals surface area contributed by atoms with Crippen LogP contribution in [-0.4, -0.2) is 51.3 Å². The number of rotatable bonds is 11. The fraction of sp³-hybridized carbons (Fsp3) is 0.926. The van der Waals surface area contributed by atoms with Gasteiger partial charge >= 0.3 is 0 Å². The summed E-state index contributed by atoms with van der Waals surface area (Å²) in [4.78, 5) is 22.9. The number of hydrogen-bond donors (Lipinski definition) is 2. The van der Waals surface area contributed by atoms with Crippen molar-refractivity contribution in [3.63, 3.8) is 0 Å². The molecule has 0 atom stereocenters. The standard InChI is InChI=1S/C14H29NO2.C13H27NO2/c1-13(2,3)7-9-17-10-8-15-12(16)11-14(4,5)6;1-12(2,3)9-11(15)14-7-8-16-10-13(4,5)6/h7-11H2,1-6H3,(H,15,16);7-10H2,1-6H3,(H,14,15). The van der Waals surface area contributed by atoms with Gasteiger partial charge in [-0.25, -0.2) is 0 Å². The van der Waals surface area contributed by atoms with E-state index in [9.17, 15) is 9.59 Å². The molecule has 6 heteroatoms. The smallest absolute Gasteiger partial charge is 0.220 e. The molecule has 0 aromatic carbocycles. The number of hydrogen-bond acceptors (Lipinski definition) is 4. The van der Waals surface area contributed by atoms with Crippen LogP contribution in [0.5, 0.6) is 0 Å². The van der Waals surface area contributed by atoms with Gasteiger partial charge < -0.3 is 20.1 Å². The van der Waals surface area contributed by atoms with Gasteiger partial charge in [-0.1, -0.05) is 83.1 Å². The summed E-state index contributed by atoms with van der Waals surface area (Å²) in [6, 6.07) is 0. The molecule has 0 heterocycles. The molecule has 2 amide bonds. The van der Waals surface area contributed by atoms with E-state index in [1.807, 2.05) is 0 Å². The summed E-state index contributed by atoms with van der Waals surface area (Å²) in [5.74, 6) is 0.212. The zero-order valence-corrected chi connectivity index (χ0v) is 24.0. The summed E-state index contributed by atoms with van der Waals surface area (Å²) in [6.45, 7) is 29.2. The molecule has 0 radical (unpaired) electrons. The van der Waals surface area contributed by atoms with Crippen LogP contribution >= 0.6 is 0 Å². The van der Waals surface area contributed by atoms with E-state index in [0.29, 0.717) is 44.6 Å². The van der Waals surface area contributed by atoms with E-state index in [0.717, 1.165) is 19.6 Å². The third kappa shape index (κ3) is 33.1. The minimum Gasteiger partial charge on any atom is -0.380 e. The minimum absolute atomic E-state index is 0.0519. The summed E-state index contributed by atoms with van der Waals surface area (Å²) in [6.07, 6.45) is 2.17. The van der Waals surface area contributed by atoms with Gasteiger partial charge in [-0.05, 0) is 28.1 Å². The van der Waals surface area contributed by atoms with Crippen LogP contribution < -0.4 is 10.6 Å². The van der Waals surface area contributed by atoms with Gasteiger partial charge in [0.2, 0.25) is 11.8 Å². The van der Waals surface area contributed by atoms with Crippen molar-refractivity contribution in [1.29, 1.82) is 0 Å². The molecule has 0 saturated carbocycles. The van der Waals surface area contributed by atoms with E-state index < -0.39 is 0 Å². The van der Waals surface area contributed by atoms with E-state index in [1.165, 1.54) is 0 Å². The summed E-state index contributed by atoms with van der Waals surface area (Å²) >= 11 is 0. The molecule has 0 aliphatic heterocycles. The molecule has 0 bridgehead atoms. The number of nitrogens with one attached hydrogen (secondary N) is 2. The van der Waals surface area contributed by atoms with Crippen LogP contribution in [0.4, 0.5) is 0 Å². The maximum atomic E-state index is 11.5. The van der Waals surface area contributed by atoms with Crippen molar-refractivity contribution in [2.45, 2.75) is 102 Å². The zero-order chi connectivity index (χ0) is 26.3. The maximum Gasteiger partial charge on any atom is 0.220 e. The highest BCUT2D eigenvalue weighted by Crippen LogP contribution is 2.19. The average Bonchev–Trinajstić information content (AvgIpc) is 2.53. The number of amides is 2. The Morgan fingerprint density at radius 2 is 0.939 bits per heavy atom. The highest BCUT2D eigenvalue weighted by atomic mass is 16.5. The molecule has 6 nitrogen and oxygen atoms in total. The van der Waals surface area contributed by atoms with Crippen LogP contribution in [0.3, 0.4) is 0 Å². The molecular formula is C27H56N2O4. The van der Waals surface area contributed by atoms with Gasteiger partial charge in [0.1, 0.15) is 0 Å². The molecule has 198 valence electrons. The first-order chi connectivity index (χ1) is 14.7. The van der Waals surface area contributed by atoms with Gasteiger partial charge in [0.15, 0.2) is 0 Å². The van der Waals surface area contributed by atoms with Crippen molar-refractivity contribution in [1.82, 2.24) is 10.6 Å². The quantitative estimate of drug-likeness (QED) is 0.384. The van der Waals surface area contributed by atoms with Crippen molar-refractivity contribution in [2.75, 3.05) is 39.5 Å². The fourth-order valence-corrected chi connectivity index (χ4v) is 2.47. The first kappa shape index (κ1) is 34.0. The van der Waals surface area contributed by atoms with Crippen molar-refractivity contribution < 1.29 is 19.1 Å². The van der Waals surface area contributed by atoms with Gasteiger partial charge in [0.25, 0.3) is 0 Å². The van der Waals surface area contributed by atoms with E-state index in [2.05, 4.69) is 93.7 Å². The van der Waals surface area contributed by atoms with Crippen LogP contribution in [0.25, 0.3) is 0 Å². The first-order valence-corrected chi connectivity index (χ1v) is 12.4. The van der Waals surface area contributed by atoms with Crippen LogP contribution in [0, 0.1) is 21.7 Å². The molecule has 0 saturated heterocycles. The Morgan fingerprint density at radius 3 is 1.27 bits per heavy atom. The molecule has 0 aromatic heterocycles. The van der Waals surface area contributed by atoms with Gasteiger partial charge in [0.05, 0.1) is 19.8 Å². The predicted octanol–water partition coefficient (Wildman–Crippen LogP) is 5.59. The maximum absolute atomic E-state index is 11.5. The molecule has 2 N–H and O–H groups in total. The Hall–Kier alpha value is -1.14. The number of ether oxygens (including phenoxy) is 2. The lowest BCUT2D eigenvalue weighted by Crippen LogP contribution is -2.31. The fourth-order valence-electron chi connectivity index (χ4n) is 2.47. The molecule has 0 unspecified atom stereocenters. The summed E-state index contributed by atoms with van der Waals surface area (Å²) in [5.41, 5.74) is 0.610. The first-order valence-electron chi connectivity index (χ1n) is 12.4. The second-order valence-electron chi connectivity index (χ2n) is 13.7. The SMILES string of the molecule is CC(C)(C)CCOCCNC(=O)CC(C)(C)C.CC(C)(C)COCCNC(=O)CC(C)(C)C. The van der Waals surface area contributed by atoms with Crippen LogP contribution in [0.1, 0.15) is 102 Å². The second kappa shape index (κ2) is 15.7. The van der Waals surface area contributed by atoms with Crippen molar-refractivity contribution in [3.8, 4) is 0 Å². The van der Waals surface area contributed by atoms with Gasteiger partial charge in [-0.3, -0.25) is 9.59 Å². The Bertz CT molecular complexity index is 532. The Labute approximate surface area is 205 Å². The largest absolute Gasteiger partial charge is 0.380 e. The van der Waals surface area contributed by atoms with Gasteiger partial charge in [-0.15, -0.1) is 0 Å². The van der Waals surface area contributed by atoms with Crippen LogP contribution in [0.2, 0.25) is 0 Å². The zero-order valence-electron chi connectivity index (χ0n) is 24.0. The summed E-state index contributed by atoms with van der Waals surface area (Å²) < 4.78 is 10.9. The molecule has 33 heavy (non-hydrogen) atoms. The highest BCUT2D eigenvalue weighted by Gasteiger charge is 2.16. The molecule has 0 rings (SSSR count).